The van der Waals surface area contributed by atoms with Gasteiger partial charge in [-0.3, -0.25) is 9.69 Å². The van der Waals surface area contributed by atoms with Crippen LogP contribution in [0.25, 0.3) is 10.2 Å². The van der Waals surface area contributed by atoms with Gasteiger partial charge in [0, 0.05) is 45.0 Å². The lowest BCUT2D eigenvalue weighted by molar-refractivity contribution is -0.274. The number of para-hydroxylation sites is 1. The Hall–Kier alpha value is -2.77. The molecule has 0 saturated carbocycles. The van der Waals surface area contributed by atoms with Gasteiger partial charge in [0.15, 0.2) is 4.80 Å². The van der Waals surface area contributed by atoms with Crippen LogP contribution < -0.4 is 14.4 Å². The van der Waals surface area contributed by atoms with E-state index in [1.807, 2.05) is 30.3 Å². The van der Waals surface area contributed by atoms with E-state index >= 15 is 0 Å². The molecule has 1 aromatic heterocycles. The Kier molecular flexibility index (Phi) is 8.57. The largest absolute Gasteiger partial charge is 0.573 e. The van der Waals surface area contributed by atoms with Crippen LogP contribution >= 0.6 is 23.7 Å². The highest BCUT2D eigenvalue weighted by molar-refractivity contribution is 7.16. The van der Waals surface area contributed by atoms with E-state index in [0.29, 0.717) is 23.4 Å². The third-order valence-corrected chi connectivity index (χ3v) is 6.50. The molecule has 0 spiro atoms. The molecular formula is C22H21ClF6N4O2S. The van der Waals surface area contributed by atoms with E-state index in [1.165, 1.54) is 10.6 Å². The number of aromatic nitrogens is 1. The van der Waals surface area contributed by atoms with E-state index < -0.39 is 24.2 Å². The number of fused-ring (bicyclic) bond motifs is 1. The summed E-state index contributed by atoms with van der Waals surface area (Å²) >= 11 is 0.694. The van der Waals surface area contributed by atoms with Crippen molar-refractivity contribution in [3.8, 4) is 5.75 Å². The lowest BCUT2D eigenvalue weighted by Crippen LogP contribution is -2.47. The molecule has 4 rings (SSSR count). The summed E-state index contributed by atoms with van der Waals surface area (Å²) in [5.41, 5.74) is 1.47. The molecule has 0 aliphatic carbocycles. The Bertz CT molecular complexity index is 1250. The van der Waals surface area contributed by atoms with Crippen molar-refractivity contribution in [1.82, 2.24) is 9.47 Å². The Morgan fingerprint density at radius 1 is 0.944 bits per heavy atom. The number of thiazole rings is 1. The number of benzene rings is 2. The van der Waals surface area contributed by atoms with Crippen molar-refractivity contribution in [3.05, 3.63) is 53.3 Å². The van der Waals surface area contributed by atoms with Gasteiger partial charge in [0.05, 0.1) is 10.2 Å². The first kappa shape index (κ1) is 27.8. The van der Waals surface area contributed by atoms with Crippen molar-refractivity contribution < 1.29 is 35.9 Å². The van der Waals surface area contributed by atoms with Gasteiger partial charge in [0.1, 0.15) is 5.75 Å². The second-order valence-electron chi connectivity index (χ2n) is 7.79. The third kappa shape index (κ3) is 6.92. The van der Waals surface area contributed by atoms with Crippen LogP contribution in [-0.2, 0) is 11.3 Å². The predicted octanol–water partition coefficient (Wildman–Crippen LogP) is 4.84. The molecule has 1 aliphatic rings. The van der Waals surface area contributed by atoms with E-state index in [9.17, 15) is 31.1 Å². The molecule has 0 atom stereocenters. The molecule has 6 nitrogen and oxygen atoms in total. The van der Waals surface area contributed by atoms with E-state index in [4.69, 9.17) is 0 Å². The van der Waals surface area contributed by atoms with Crippen molar-refractivity contribution >= 4 is 45.6 Å². The van der Waals surface area contributed by atoms with Crippen molar-refractivity contribution in [3.63, 3.8) is 0 Å². The van der Waals surface area contributed by atoms with Gasteiger partial charge < -0.3 is 14.2 Å². The maximum absolute atomic E-state index is 12.8. The molecule has 0 bridgehead atoms. The van der Waals surface area contributed by atoms with E-state index in [0.717, 1.165) is 44.0 Å². The first-order valence-corrected chi connectivity index (χ1v) is 11.4. The smallest absolute Gasteiger partial charge is 0.406 e. The Morgan fingerprint density at radius 3 is 2.22 bits per heavy atom. The number of halogens is 7. The van der Waals surface area contributed by atoms with Crippen molar-refractivity contribution in [2.45, 2.75) is 19.1 Å². The van der Waals surface area contributed by atoms with Gasteiger partial charge in [-0.15, -0.1) is 25.6 Å². The average Bonchev–Trinajstić information content (AvgIpc) is 3.13. The molecule has 0 N–H and O–H groups in total. The first-order valence-electron chi connectivity index (χ1n) is 10.6. The number of rotatable bonds is 5. The maximum atomic E-state index is 12.8. The molecule has 1 aliphatic heterocycles. The van der Waals surface area contributed by atoms with Crippen molar-refractivity contribution in [2.24, 2.45) is 4.99 Å². The summed E-state index contributed by atoms with van der Waals surface area (Å²) < 4.78 is 81.7. The molecule has 1 amide bonds. The molecule has 2 heterocycles. The molecule has 14 heteroatoms. The Balaban J connectivity index is 0.00000361. The number of carbonyl (C=O) groups is 1. The fourth-order valence-electron chi connectivity index (χ4n) is 3.81. The lowest BCUT2D eigenvalue weighted by atomic mass is 10.2. The fourth-order valence-corrected chi connectivity index (χ4v) is 4.90. The van der Waals surface area contributed by atoms with Gasteiger partial charge in [-0.2, -0.15) is 18.2 Å². The third-order valence-electron chi connectivity index (χ3n) is 5.46. The Labute approximate surface area is 211 Å². The number of ether oxygens (including phenoxy) is 1. The van der Waals surface area contributed by atoms with E-state index in [-0.39, 0.29) is 28.5 Å². The number of nitrogens with zero attached hydrogens (tertiary/aromatic N) is 4. The number of carbonyl (C=O) groups excluding carboxylic acids is 1. The van der Waals surface area contributed by atoms with Crippen LogP contribution in [0.1, 0.15) is 0 Å². The van der Waals surface area contributed by atoms with Gasteiger partial charge in [-0.1, -0.05) is 29.5 Å². The second kappa shape index (κ2) is 11.1. The standard InChI is InChI=1S/C22H20F6N4O2S.ClH/c23-21(24,25)19(33)29-20-32(17-7-6-16(14-18(17)35-20)34-22(26,27)28)13-10-30-8-11-31(12-9-30)15-4-2-1-3-5-15;/h1-7,14H,8-13H2;1H. The topological polar surface area (TPSA) is 50.1 Å². The van der Waals surface area contributed by atoms with Gasteiger partial charge >= 0.3 is 18.4 Å². The van der Waals surface area contributed by atoms with Crippen LogP contribution in [0.3, 0.4) is 0 Å². The summed E-state index contributed by atoms with van der Waals surface area (Å²) in [4.78, 5) is 18.8. The zero-order valence-corrected chi connectivity index (χ0v) is 20.2. The number of anilines is 1. The quantitative estimate of drug-likeness (QED) is 0.424. The molecule has 36 heavy (non-hydrogen) atoms. The van der Waals surface area contributed by atoms with Crippen LogP contribution in [0, 0.1) is 0 Å². The number of hydrogen-bond donors (Lipinski definition) is 0. The number of hydrogen-bond acceptors (Lipinski definition) is 5. The van der Waals surface area contributed by atoms with Crippen LogP contribution in [0.4, 0.5) is 32.0 Å². The monoisotopic (exact) mass is 554 g/mol. The van der Waals surface area contributed by atoms with Gasteiger partial charge in [0.25, 0.3) is 0 Å². The Morgan fingerprint density at radius 2 is 1.61 bits per heavy atom. The molecular weight excluding hydrogens is 534 g/mol. The normalized spacial score (nSPS) is 15.7. The van der Waals surface area contributed by atoms with E-state index in [2.05, 4.69) is 19.5 Å². The van der Waals surface area contributed by atoms with Crippen LogP contribution in [0.2, 0.25) is 0 Å². The summed E-state index contributed by atoms with van der Waals surface area (Å²) in [5, 5.41) is 0. The summed E-state index contributed by atoms with van der Waals surface area (Å²) in [6, 6.07) is 13.4. The minimum absolute atomic E-state index is 0. The highest BCUT2D eigenvalue weighted by atomic mass is 35.5. The minimum atomic E-state index is -5.16. The minimum Gasteiger partial charge on any atom is -0.406 e. The predicted molar refractivity (Wildman–Crippen MR) is 125 cm³/mol. The summed E-state index contributed by atoms with van der Waals surface area (Å²) in [6.07, 6.45) is -10.1. The molecule has 196 valence electrons. The van der Waals surface area contributed by atoms with Crippen LogP contribution in [0.5, 0.6) is 5.75 Å². The molecule has 2 aromatic carbocycles. The van der Waals surface area contributed by atoms with E-state index in [1.54, 1.807) is 0 Å². The van der Waals surface area contributed by atoms with Gasteiger partial charge in [-0.05, 0) is 30.3 Å². The summed E-state index contributed by atoms with van der Waals surface area (Å²) in [7, 11) is 0. The average molecular weight is 555 g/mol. The zero-order valence-electron chi connectivity index (χ0n) is 18.6. The molecule has 1 fully saturated rings. The summed E-state index contributed by atoms with van der Waals surface area (Å²) in [6.45, 7) is 3.63. The number of alkyl halides is 6. The van der Waals surface area contributed by atoms with Gasteiger partial charge in [-0.25, -0.2) is 0 Å². The molecule has 1 saturated heterocycles. The van der Waals surface area contributed by atoms with Crippen LogP contribution in [0.15, 0.2) is 53.5 Å². The molecule has 3 aromatic rings. The number of amides is 1. The lowest BCUT2D eigenvalue weighted by Gasteiger charge is -2.36. The van der Waals surface area contributed by atoms with Crippen LogP contribution in [-0.4, -0.2) is 60.6 Å². The highest BCUT2D eigenvalue weighted by Crippen LogP contribution is 2.28. The SMILES string of the molecule is Cl.O=C(N=c1sc2cc(OC(F)(F)F)ccc2n1CCN1CCN(c2ccccc2)CC1)C(F)(F)F. The maximum Gasteiger partial charge on any atom is 0.573 e. The first-order chi connectivity index (χ1) is 16.5. The fraction of sp³-hybridized carbons (Fsp3) is 0.364. The zero-order chi connectivity index (χ0) is 25.2. The summed E-state index contributed by atoms with van der Waals surface area (Å²) in [5.74, 6) is -2.79. The number of piperazine rings is 1. The van der Waals surface area contributed by atoms with Crippen molar-refractivity contribution in [2.75, 3.05) is 37.6 Å². The molecule has 0 unspecified atom stereocenters. The second-order valence-corrected chi connectivity index (χ2v) is 8.80. The van der Waals surface area contributed by atoms with Gasteiger partial charge in [0.2, 0.25) is 0 Å². The van der Waals surface area contributed by atoms with Crippen molar-refractivity contribution in [1.29, 1.82) is 0 Å². The molecule has 0 radical (unpaired) electrons. The highest BCUT2D eigenvalue weighted by Gasteiger charge is 2.39.